The van der Waals surface area contributed by atoms with Crippen molar-refractivity contribution >= 4 is 43.4 Å². The van der Waals surface area contributed by atoms with E-state index in [1.54, 1.807) is 0 Å². The van der Waals surface area contributed by atoms with Gasteiger partial charge in [-0.25, -0.2) is 0 Å². The molecule has 10 aromatic rings. The average molecular weight is 698 g/mol. The van der Waals surface area contributed by atoms with Gasteiger partial charge in [-0.2, -0.15) is 10.5 Å². The van der Waals surface area contributed by atoms with E-state index in [0.29, 0.717) is 11.1 Å². The van der Waals surface area contributed by atoms with E-state index in [0.717, 1.165) is 49.7 Å². The molecule has 0 unspecified atom stereocenters. The Morgan fingerprint density at radius 3 is 1.45 bits per heavy atom. The lowest BCUT2D eigenvalue weighted by atomic mass is 9.85. The number of hydrogen-bond donors (Lipinski definition) is 0. The van der Waals surface area contributed by atoms with Gasteiger partial charge in [0.2, 0.25) is 0 Å². The Morgan fingerprint density at radius 2 is 0.818 bits per heavy atom. The number of hydrogen-bond acceptors (Lipinski definition) is 2. The molecule has 0 atom stereocenters. The van der Waals surface area contributed by atoms with Gasteiger partial charge in [0.1, 0.15) is 0 Å². The zero-order valence-corrected chi connectivity index (χ0v) is 29.7. The standard InChI is InChI=1S/C52H31N3/c53-32-34-21-26-50-48(29-34)43-15-8-9-20-49(43)55(50)42-28-35(33-54)27-41(31-42)40-14-10-13-39(30-40)36-22-24-38(25-23-36)52-46-18-6-4-16-44(46)51(37-11-2-1-3-12-37)45-17-5-7-19-47(45)52/h1-31H. The third kappa shape index (κ3) is 5.35. The van der Waals surface area contributed by atoms with Crippen molar-refractivity contribution < 1.29 is 0 Å². The van der Waals surface area contributed by atoms with Crippen molar-refractivity contribution in [3.05, 3.63) is 199 Å². The Morgan fingerprint density at radius 1 is 0.309 bits per heavy atom. The summed E-state index contributed by atoms with van der Waals surface area (Å²) in [7, 11) is 0. The second-order valence-electron chi connectivity index (χ2n) is 13.9. The van der Waals surface area contributed by atoms with Crippen LogP contribution in [0.2, 0.25) is 0 Å². The molecule has 0 bridgehead atoms. The summed E-state index contributed by atoms with van der Waals surface area (Å²) in [4.78, 5) is 0. The molecule has 3 nitrogen and oxygen atoms in total. The molecular formula is C52H31N3. The molecule has 0 N–H and O–H groups in total. The second kappa shape index (κ2) is 13.0. The molecule has 0 radical (unpaired) electrons. The minimum absolute atomic E-state index is 0.583. The first-order chi connectivity index (χ1) is 27.2. The minimum Gasteiger partial charge on any atom is -0.309 e. The molecule has 0 aliphatic carbocycles. The number of benzene rings is 9. The summed E-state index contributed by atoms with van der Waals surface area (Å²) in [6.45, 7) is 0. The lowest BCUT2D eigenvalue weighted by Gasteiger charge is -2.18. The van der Waals surface area contributed by atoms with Gasteiger partial charge in [0.15, 0.2) is 0 Å². The number of aromatic nitrogens is 1. The predicted octanol–water partition coefficient (Wildman–Crippen LogP) is 13.5. The van der Waals surface area contributed by atoms with Crippen LogP contribution in [0.15, 0.2) is 188 Å². The fraction of sp³-hybridized carbons (Fsp3) is 0. The molecule has 10 rings (SSSR count). The molecule has 1 aromatic heterocycles. The maximum Gasteiger partial charge on any atom is 0.0992 e. The summed E-state index contributed by atoms with van der Waals surface area (Å²) in [5, 5.41) is 26.8. The van der Waals surface area contributed by atoms with Crippen LogP contribution in [0.3, 0.4) is 0 Å². The predicted molar refractivity (Wildman–Crippen MR) is 227 cm³/mol. The Hall–Kier alpha value is -7.72. The van der Waals surface area contributed by atoms with Gasteiger partial charge in [-0.05, 0) is 115 Å². The minimum atomic E-state index is 0.583. The van der Waals surface area contributed by atoms with Crippen LogP contribution in [0, 0.1) is 22.7 Å². The highest BCUT2D eigenvalue weighted by Crippen LogP contribution is 2.44. The normalized spacial score (nSPS) is 11.2. The number of nitriles is 2. The maximum absolute atomic E-state index is 10.2. The van der Waals surface area contributed by atoms with Crippen LogP contribution in [0.5, 0.6) is 0 Å². The van der Waals surface area contributed by atoms with Crippen molar-refractivity contribution in [1.29, 1.82) is 10.5 Å². The van der Waals surface area contributed by atoms with E-state index in [1.165, 1.54) is 43.8 Å². The quantitative estimate of drug-likeness (QED) is 0.168. The molecule has 0 spiro atoms. The highest BCUT2D eigenvalue weighted by Gasteiger charge is 2.17. The molecule has 0 aliphatic heterocycles. The second-order valence-corrected chi connectivity index (χ2v) is 13.9. The topological polar surface area (TPSA) is 52.5 Å². The maximum atomic E-state index is 10.2. The molecule has 9 aromatic carbocycles. The van der Waals surface area contributed by atoms with Crippen molar-refractivity contribution in [2.45, 2.75) is 0 Å². The zero-order chi connectivity index (χ0) is 36.9. The largest absolute Gasteiger partial charge is 0.309 e. The Labute approximate surface area is 318 Å². The summed E-state index contributed by atoms with van der Waals surface area (Å²) in [6.07, 6.45) is 0. The first kappa shape index (κ1) is 32.0. The van der Waals surface area contributed by atoms with Crippen molar-refractivity contribution in [3.63, 3.8) is 0 Å². The SMILES string of the molecule is N#Cc1cc(-c2cccc(-c3ccc(-c4c5ccccc5c(-c5ccccc5)c5ccccc45)cc3)c2)cc(-n2c3ccccc3c3cc(C#N)ccc32)c1. The van der Waals surface area contributed by atoms with Crippen LogP contribution < -0.4 is 0 Å². The lowest BCUT2D eigenvalue weighted by Crippen LogP contribution is -1.96. The number of nitrogens with zero attached hydrogens (tertiary/aromatic N) is 3. The van der Waals surface area contributed by atoms with Crippen molar-refractivity contribution in [2.24, 2.45) is 0 Å². The van der Waals surface area contributed by atoms with E-state index in [4.69, 9.17) is 0 Å². The van der Waals surface area contributed by atoms with Crippen LogP contribution in [0.1, 0.15) is 11.1 Å². The highest BCUT2D eigenvalue weighted by molar-refractivity contribution is 6.21. The number of para-hydroxylation sites is 1. The first-order valence-electron chi connectivity index (χ1n) is 18.4. The van der Waals surface area contributed by atoms with E-state index in [-0.39, 0.29) is 0 Å². The first-order valence-corrected chi connectivity index (χ1v) is 18.4. The molecule has 0 saturated carbocycles. The number of rotatable bonds is 5. The van der Waals surface area contributed by atoms with Crippen LogP contribution in [-0.4, -0.2) is 4.57 Å². The van der Waals surface area contributed by atoms with Gasteiger partial charge in [0, 0.05) is 16.5 Å². The molecular weight excluding hydrogens is 667 g/mol. The molecule has 3 heteroatoms. The zero-order valence-electron chi connectivity index (χ0n) is 29.7. The Balaban J connectivity index is 1.07. The third-order valence-electron chi connectivity index (χ3n) is 10.8. The van der Waals surface area contributed by atoms with E-state index in [2.05, 4.69) is 162 Å². The van der Waals surface area contributed by atoms with E-state index < -0.39 is 0 Å². The van der Waals surface area contributed by atoms with Gasteiger partial charge in [-0.15, -0.1) is 0 Å². The monoisotopic (exact) mass is 697 g/mol. The molecule has 0 fully saturated rings. The van der Waals surface area contributed by atoms with Gasteiger partial charge in [0.25, 0.3) is 0 Å². The molecule has 0 saturated heterocycles. The van der Waals surface area contributed by atoms with Crippen molar-refractivity contribution in [1.82, 2.24) is 4.57 Å². The lowest BCUT2D eigenvalue weighted by molar-refractivity contribution is 1.18. The van der Waals surface area contributed by atoms with Gasteiger partial charge in [-0.3, -0.25) is 0 Å². The van der Waals surface area contributed by atoms with Crippen LogP contribution in [0.4, 0.5) is 0 Å². The van der Waals surface area contributed by atoms with Crippen molar-refractivity contribution in [2.75, 3.05) is 0 Å². The van der Waals surface area contributed by atoms with Crippen LogP contribution in [-0.2, 0) is 0 Å². The molecule has 0 aliphatic rings. The van der Waals surface area contributed by atoms with Gasteiger partial charge >= 0.3 is 0 Å². The number of fused-ring (bicyclic) bond motifs is 5. The average Bonchev–Trinajstić information content (AvgIpc) is 3.59. The third-order valence-corrected chi connectivity index (χ3v) is 10.8. The molecule has 254 valence electrons. The summed E-state index contributed by atoms with van der Waals surface area (Å²) < 4.78 is 2.19. The summed E-state index contributed by atoms with van der Waals surface area (Å²) >= 11 is 0. The van der Waals surface area contributed by atoms with E-state index in [1.807, 2.05) is 42.5 Å². The van der Waals surface area contributed by atoms with Crippen LogP contribution in [0.25, 0.3) is 93.5 Å². The molecule has 1 heterocycles. The van der Waals surface area contributed by atoms with Gasteiger partial charge in [-0.1, -0.05) is 140 Å². The van der Waals surface area contributed by atoms with Gasteiger partial charge in [0.05, 0.1) is 34.3 Å². The van der Waals surface area contributed by atoms with E-state index >= 15 is 0 Å². The molecule has 0 amide bonds. The summed E-state index contributed by atoms with van der Waals surface area (Å²) in [5.41, 5.74) is 13.2. The van der Waals surface area contributed by atoms with Crippen molar-refractivity contribution in [3.8, 4) is 62.3 Å². The Kier molecular flexibility index (Phi) is 7.58. The highest BCUT2D eigenvalue weighted by atomic mass is 15.0. The molecule has 55 heavy (non-hydrogen) atoms. The fourth-order valence-corrected chi connectivity index (χ4v) is 8.36. The van der Waals surface area contributed by atoms with E-state index in [9.17, 15) is 10.5 Å². The van der Waals surface area contributed by atoms with Gasteiger partial charge < -0.3 is 4.57 Å². The fourth-order valence-electron chi connectivity index (χ4n) is 8.36. The summed E-state index contributed by atoms with van der Waals surface area (Å²) in [5.74, 6) is 0. The Bertz CT molecular complexity index is 3150. The summed E-state index contributed by atoms with van der Waals surface area (Å²) in [6, 6.07) is 70.4. The smallest absolute Gasteiger partial charge is 0.0992 e. The van der Waals surface area contributed by atoms with Crippen LogP contribution >= 0.6 is 0 Å².